The summed E-state index contributed by atoms with van der Waals surface area (Å²) in [7, 11) is -2.53. The molecule has 0 atom stereocenters. The summed E-state index contributed by atoms with van der Waals surface area (Å²) in [5.74, 6) is 0. The van der Waals surface area contributed by atoms with E-state index in [4.69, 9.17) is 5.73 Å². The van der Waals surface area contributed by atoms with Crippen LogP contribution in [0.2, 0.25) is 0 Å². The molecule has 7 nitrogen and oxygen atoms in total. The minimum Gasteiger partial charge on any atom is -0.330 e. The first-order chi connectivity index (χ1) is 9.12. The van der Waals surface area contributed by atoms with Gasteiger partial charge in [-0.25, -0.2) is 12.7 Å². The first-order valence-corrected chi connectivity index (χ1v) is 7.45. The largest absolute Gasteiger partial charge is 0.330 e. The van der Waals surface area contributed by atoms with E-state index >= 15 is 0 Å². The van der Waals surface area contributed by atoms with Crippen LogP contribution >= 0.6 is 12.4 Å². The lowest BCUT2D eigenvalue weighted by Crippen LogP contribution is -2.39. The van der Waals surface area contributed by atoms with Crippen molar-refractivity contribution in [2.45, 2.75) is 18.7 Å². The number of halogens is 1. The third-order valence-corrected chi connectivity index (χ3v) is 4.80. The van der Waals surface area contributed by atoms with Gasteiger partial charge in [0.25, 0.3) is 5.69 Å². The Balaban J connectivity index is 0.00000400. The average molecular weight is 338 g/mol. The van der Waals surface area contributed by atoms with Crippen LogP contribution in [0.3, 0.4) is 0 Å². The van der Waals surface area contributed by atoms with Gasteiger partial charge in [-0.15, -0.1) is 12.4 Å². The average Bonchev–Trinajstić information content (AvgIpc) is 2.38. The molecular weight excluding hydrogens is 318 g/mol. The maximum absolute atomic E-state index is 12.4. The Kier molecular flexibility index (Phi) is 6.75. The SMILES string of the molecule is CN(CC(C)(C)CN)S(=O)(=O)c1ccccc1[N+](=O)[O-].Cl. The molecule has 2 N–H and O–H groups in total. The molecule has 21 heavy (non-hydrogen) atoms. The van der Waals surface area contributed by atoms with Gasteiger partial charge in [0.2, 0.25) is 10.0 Å². The summed E-state index contributed by atoms with van der Waals surface area (Å²) in [6, 6.07) is 5.30. The standard InChI is InChI=1S/C12H19N3O4S.ClH/c1-12(2,8-13)9-14(3)20(18,19)11-7-5-4-6-10(11)15(16)17;/h4-7H,8-9,13H2,1-3H3;1H. The molecular formula is C12H20ClN3O4S. The van der Waals surface area contributed by atoms with Gasteiger partial charge in [0.15, 0.2) is 4.90 Å². The monoisotopic (exact) mass is 337 g/mol. The van der Waals surface area contributed by atoms with E-state index in [9.17, 15) is 18.5 Å². The van der Waals surface area contributed by atoms with Crippen LogP contribution in [0.15, 0.2) is 29.2 Å². The number of nitrogens with zero attached hydrogens (tertiary/aromatic N) is 2. The molecule has 9 heteroatoms. The third-order valence-electron chi connectivity index (χ3n) is 2.95. The smallest absolute Gasteiger partial charge is 0.289 e. The number of sulfonamides is 1. The Labute approximate surface area is 130 Å². The van der Waals surface area contributed by atoms with Gasteiger partial charge in [-0.2, -0.15) is 0 Å². The molecule has 0 aromatic heterocycles. The molecule has 0 aliphatic carbocycles. The van der Waals surface area contributed by atoms with Crippen molar-refractivity contribution in [2.75, 3.05) is 20.1 Å². The molecule has 0 bridgehead atoms. The van der Waals surface area contributed by atoms with Crippen LogP contribution in [0.25, 0.3) is 0 Å². The molecule has 1 aromatic rings. The first-order valence-electron chi connectivity index (χ1n) is 6.01. The summed E-state index contributed by atoms with van der Waals surface area (Å²) in [5.41, 5.74) is 4.75. The number of nitro groups is 1. The molecule has 0 radical (unpaired) electrons. The van der Waals surface area contributed by atoms with Crippen molar-refractivity contribution in [1.82, 2.24) is 4.31 Å². The van der Waals surface area contributed by atoms with Gasteiger partial charge >= 0.3 is 0 Å². The second kappa shape index (κ2) is 7.17. The summed E-state index contributed by atoms with van der Waals surface area (Å²) in [5, 5.41) is 10.9. The second-order valence-electron chi connectivity index (χ2n) is 5.35. The van der Waals surface area contributed by atoms with E-state index in [0.29, 0.717) is 6.54 Å². The first kappa shape index (κ1) is 19.8. The maximum atomic E-state index is 12.4. The Morgan fingerprint density at radius 3 is 2.33 bits per heavy atom. The minimum absolute atomic E-state index is 0. The van der Waals surface area contributed by atoms with Crippen molar-refractivity contribution < 1.29 is 13.3 Å². The van der Waals surface area contributed by atoms with Gasteiger partial charge in [-0.3, -0.25) is 10.1 Å². The highest BCUT2D eigenvalue weighted by atomic mass is 35.5. The molecule has 0 saturated heterocycles. The highest BCUT2D eigenvalue weighted by molar-refractivity contribution is 7.89. The Morgan fingerprint density at radius 1 is 1.33 bits per heavy atom. The Bertz CT molecular complexity index is 604. The van der Waals surface area contributed by atoms with Crippen molar-refractivity contribution in [3.63, 3.8) is 0 Å². The van der Waals surface area contributed by atoms with Crippen molar-refractivity contribution in [3.8, 4) is 0 Å². The van der Waals surface area contributed by atoms with Crippen molar-refractivity contribution >= 4 is 28.1 Å². The zero-order valence-corrected chi connectivity index (χ0v) is 13.8. The Hall–Kier alpha value is -1.22. The van der Waals surface area contributed by atoms with E-state index in [1.165, 1.54) is 31.3 Å². The number of nitro benzene ring substituents is 1. The predicted molar refractivity (Wildman–Crippen MR) is 83.0 cm³/mol. The van der Waals surface area contributed by atoms with Gasteiger partial charge in [-0.1, -0.05) is 26.0 Å². The molecule has 1 rings (SSSR count). The van der Waals surface area contributed by atoms with Crippen LogP contribution in [-0.2, 0) is 10.0 Å². The van der Waals surface area contributed by atoms with E-state index in [0.717, 1.165) is 4.31 Å². The molecule has 0 unspecified atom stereocenters. The molecule has 0 fully saturated rings. The number of nitrogens with two attached hydrogens (primary N) is 1. The summed E-state index contributed by atoms with van der Waals surface area (Å²) in [6.07, 6.45) is 0. The number of hydrogen-bond donors (Lipinski definition) is 1. The van der Waals surface area contributed by atoms with Gasteiger partial charge in [0.05, 0.1) is 4.92 Å². The fourth-order valence-electron chi connectivity index (χ4n) is 1.75. The van der Waals surface area contributed by atoms with Crippen LogP contribution in [0.5, 0.6) is 0 Å². The molecule has 0 heterocycles. The molecule has 0 aliphatic heterocycles. The summed E-state index contributed by atoms with van der Waals surface area (Å²) < 4.78 is 26.0. The molecule has 120 valence electrons. The second-order valence-corrected chi connectivity index (χ2v) is 7.37. The number of benzene rings is 1. The molecule has 1 aromatic carbocycles. The number of para-hydroxylation sites is 1. The van der Waals surface area contributed by atoms with Crippen molar-refractivity contribution in [3.05, 3.63) is 34.4 Å². The maximum Gasteiger partial charge on any atom is 0.289 e. The van der Waals surface area contributed by atoms with Crippen molar-refractivity contribution in [2.24, 2.45) is 11.1 Å². The summed E-state index contributed by atoms with van der Waals surface area (Å²) >= 11 is 0. The molecule has 0 spiro atoms. The number of hydrogen-bond acceptors (Lipinski definition) is 5. The van der Waals surface area contributed by atoms with Gasteiger partial charge in [-0.05, 0) is 18.0 Å². The zero-order chi connectivity index (χ0) is 15.6. The molecule has 0 amide bonds. The highest BCUT2D eigenvalue weighted by Gasteiger charge is 2.32. The lowest BCUT2D eigenvalue weighted by atomic mass is 9.94. The van der Waals surface area contributed by atoms with Gasteiger partial charge in [0.1, 0.15) is 0 Å². The topological polar surface area (TPSA) is 107 Å². The molecule has 0 aliphatic rings. The van der Waals surface area contributed by atoms with Crippen LogP contribution < -0.4 is 5.73 Å². The lowest BCUT2D eigenvalue weighted by Gasteiger charge is -2.28. The fourth-order valence-corrected chi connectivity index (χ4v) is 3.26. The highest BCUT2D eigenvalue weighted by Crippen LogP contribution is 2.27. The van der Waals surface area contributed by atoms with Crippen molar-refractivity contribution in [1.29, 1.82) is 0 Å². The fraction of sp³-hybridized carbons (Fsp3) is 0.500. The van der Waals surface area contributed by atoms with Crippen LogP contribution in [0.1, 0.15) is 13.8 Å². The van der Waals surface area contributed by atoms with Gasteiger partial charge in [0, 0.05) is 19.7 Å². The van der Waals surface area contributed by atoms with Gasteiger partial charge < -0.3 is 5.73 Å². The van der Waals surface area contributed by atoms with E-state index in [1.54, 1.807) is 0 Å². The van der Waals surface area contributed by atoms with Crippen LogP contribution in [0.4, 0.5) is 5.69 Å². The van der Waals surface area contributed by atoms with Crippen LogP contribution in [-0.4, -0.2) is 37.8 Å². The van der Waals surface area contributed by atoms with E-state index < -0.39 is 26.0 Å². The van der Waals surface area contributed by atoms with E-state index in [2.05, 4.69) is 0 Å². The normalized spacial score (nSPS) is 12.0. The third kappa shape index (κ3) is 4.63. The molecule has 0 saturated carbocycles. The summed E-state index contributed by atoms with van der Waals surface area (Å²) in [4.78, 5) is 9.93. The van der Waals surface area contributed by atoms with E-state index in [1.807, 2.05) is 13.8 Å². The van der Waals surface area contributed by atoms with Crippen LogP contribution in [0, 0.1) is 15.5 Å². The predicted octanol–water partition coefficient (Wildman–Crippen LogP) is 1.62. The minimum atomic E-state index is -3.92. The summed E-state index contributed by atoms with van der Waals surface area (Å²) in [6.45, 7) is 4.15. The zero-order valence-electron chi connectivity index (χ0n) is 12.1. The lowest BCUT2D eigenvalue weighted by molar-refractivity contribution is -0.387. The quantitative estimate of drug-likeness (QED) is 0.627. The Morgan fingerprint density at radius 2 is 1.86 bits per heavy atom. The van der Waals surface area contributed by atoms with E-state index in [-0.39, 0.29) is 23.8 Å². The number of rotatable bonds is 6.